The van der Waals surface area contributed by atoms with Crippen molar-refractivity contribution in [2.45, 2.75) is 26.2 Å². The van der Waals surface area contributed by atoms with Crippen LogP contribution < -0.4 is 0 Å². The van der Waals surface area contributed by atoms with Crippen LogP contribution in [-0.2, 0) is 0 Å². The number of phenolic OH excluding ortho intramolecular Hbond substituents is 3. The topological polar surface area (TPSA) is 60.7 Å². The molecule has 0 aliphatic heterocycles. The molecule has 3 nitrogen and oxygen atoms in total. The van der Waals surface area contributed by atoms with Gasteiger partial charge < -0.3 is 15.3 Å². The van der Waals surface area contributed by atoms with Crippen LogP contribution in [-0.4, -0.2) is 15.3 Å². The van der Waals surface area contributed by atoms with Crippen molar-refractivity contribution in [2.75, 3.05) is 0 Å². The number of allylic oxidation sites excluding steroid dienone is 2. The van der Waals surface area contributed by atoms with E-state index >= 15 is 0 Å². The molecule has 0 heterocycles. The molecule has 1 saturated carbocycles. The molecule has 15 heavy (non-hydrogen) atoms. The van der Waals surface area contributed by atoms with E-state index in [2.05, 4.69) is 0 Å². The van der Waals surface area contributed by atoms with Crippen LogP contribution in [0.4, 0.5) is 0 Å². The average Bonchev–Trinajstić information content (AvgIpc) is 2.08. The zero-order valence-corrected chi connectivity index (χ0v) is 8.62. The molecular formula is C12H14O3. The molecule has 0 saturated heterocycles. The van der Waals surface area contributed by atoms with Crippen LogP contribution in [0.25, 0.3) is 5.57 Å². The molecule has 1 fully saturated rings. The monoisotopic (exact) mass is 206 g/mol. The van der Waals surface area contributed by atoms with Crippen molar-refractivity contribution in [3.63, 3.8) is 0 Å². The SMILES string of the molecule is CC(=C1CCC1)c1cc(O)c(O)cc1O. The zero-order valence-electron chi connectivity index (χ0n) is 8.62. The van der Waals surface area contributed by atoms with Gasteiger partial charge in [-0.25, -0.2) is 0 Å². The van der Waals surface area contributed by atoms with Crippen molar-refractivity contribution in [3.05, 3.63) is 23.3 Å². The lowest BCUT2D eigenvalue weighted by Gasteiger charge is -2.21. The Morgan fingerprint density at radius 3 is 2.13 bits per heavy atom. The predicted molar refractivity (Wildman–Crippen MR) is 57.9 cm³/mol. The molecule has 1 aliphatic rings. The molecule has 80 valence electrons. The van der Waals surface area contributed by atoms with Gasteiger partial charge in [0.1, 0.15) is 5.75 Å². The second-order valence-electron chi connectivity index (χ2n) is 3.94. The van der Waals surface area contributed by atoms with Gasteiger partial charge in [0.2, 0.25) is 0 Å². The second-order valence-corrected chi connectivity index (χ2v) is 3.94. The van der Waals surface area contributed by atoms with Crippen LogP contribution in [0.15, 0.2) is 17.7 Å². The summed E-state index contributed by atoms with van der Waals surface area (Å²) in [5.74, 6) is -0.466. The number of aromatic hydroxyl groups is 3. The molecular weight excluding hydrogens is 192 g/mol. The summed E-state index contributed by atoms with van der Waals surface area (Å²) in [6, 6.07) is 2.58. The van der Waals surface area contributed by atoms with Crippen LogP contribution in [0.2, 0.25) is 0 Å². The second kappa shape index (κ2) is 3.50. The largest absolute Gasteiger partial charge is 0.507 e. The first kappa shape index (κ1) is 9.90. The molecule has 2 rings (SSSR count). The van der Waals surface area contributed by atoms with Gasteiger partial charge in [0, 0.05) is 11.6 Å². The molecule has 1 aliphatic carbocycles. The first-order valence-corrected chi connectivity index (χ1v) is 5.03. The average molecular weight is 206 g/mol. The summed E-state index contributed by atoms with van der Waals surface area (Å²) in [5, 5.41) is 28.2. The van der Waals surface area contributed by atoms with E-state index in [1.807, 2.05) is 6.92 Å². The lowest BCUT2D eigenvalue weighted by Crippen LogP contribution is -2.00. The molecule has 1 aromatic rings. The maximum Gasteiger partial charge on any atom is 0.161 e. The van der Waals surface area contributed by atoms with Crippen molar-refractivity contribution < 1.29 is 15.3 Å². The Hall–Kier alpha value is -1.64. The summed E-state index contributed by atoms with van der Waals surface area (Å²) in [6.07, 6.45) is 3.32. The Kier molecular flexibility index (Phi) is 2.31. The van der Waals surface area contributed by atoms with Gasteiger partial charge in [0.25, 0.3) is 0 Å². The Bertz CT molecular complexity index is 427. The Morgan fingerprint density at radius 1 is 1.00 bits per heavy atom. The van der Waals surface area contributed by atoms with E-state index in [-0.39, 0.29) is 17.2 Å². The van der Waals surface area contributed by atoms with E-state index in [9.17, 15) is 15.3 Å². The lowest BCUT2D eigenvalue weighted by atomic mass is 9.85. The smallest absolute Gasteiger partial charge is 0.161 e. The van der Waals surface area contributed by atoms with Crippen molar-refractivity contribution >= 4 is 5.57 Å². The maximum absolute atomic E-state index is 9.65. The van der Waals surface area contributed by atoms with Gasteiger partial charge in [-0.3, -0.25) is 0 Å². The van der Waals surface area contributed by atoms with E-state index in [4.69, 9.17) is 0 Å². The summed E-state index contributed by atoms with van der Waals surface area (Å²) >= 11 is 0. The summed E-state index contributed by atoms with van der Waals surface area (Å²) in [5.41, 5.74) is 2.93. The van der Waals surface area contributed by atoms with E-state index < -0.39 is 0 Å². The van der Waals surface area contributed by atoms with Crippen LogP contribution in [0.1, 0.15) is 31.7 Å². The zero-order chi connectivity index (χ0) is 11.0. The standard InChI is InChI=1S/C12H14O3/c1-7(8-3-2-4-8)9-5-11(14)12(15)6-10(9)13/h5-6,13-15H,2-4H2,1H3. The summed E-state index contributed by atoms with van der Waals surface area (Å²) in [4.78, 5) is 0. The minimum absolute atomic E-state index is 0.0159. The first-order valence-electron chi connectivity index (χ1n) is 5.03. The summed E-state index contributed by atoms with van der Waals surface area (Å²) in [7, 11) is 0. The highest BCUT2D eigenvalue weighted by Gasteiger charge is 2.16. The van der Waals surface area contributed by atoms with Crippen molar-refractivity contribution in [1.82, 2.24) is 0 Å². The highest BCUT2D eigenvalue weighted by molar-refractivity contribution is 5.74. The summed E-state index contributed by atoms with van der Waals surface area (Å²) in [6.45, 7) is 1.93. The van der Waals surface area contributed by atoms with Crippen LogP contribution in [0.3, 0.4) is 0 Å². The third-order valence-corrected chi connectivity index (χ3v) is 2.98. The molecule has 0 amide bonds. The Morgan fingerprint density at radius 2 is 1.60 bits per heavy atom. The fourth-order valence-corrected chi connectivity index (χ4v) is 1.79. The van der Waals surface area contributed by atoms with Gasteiger partial charge in [-0.2, -0.15) is 0 Å². The third kappa shape index (κ3) is 1.65. The highest BCUT2D eigenvalue weighted by atomic mass is 16.3. The fourth-order valence-electron chi connectivity index (χ4n) is 1.79. The summed E-state index contributed by atoms with van der Waals surface area (Å²) < 4.78 is 0. The van der Waals surface area contributed by atoms with E-state index in [1.54, 1.807) is 0 Å². The van der Waals surface area contributed by atoms with E-state index in [1.165, 1.54) is 24.1 Å². The number of phenols is 3. The molecule has 0 atom stereocenters. The maximum atomic E-state index is 9.65. The molecule has 0 unspecified atom stereocenters. The van der Waals surface area contributed by atoms with Crippen LogP contribution in [0.5, 0.6) is 17.2 Å². The van der Waals surface area contributed by atoms with Crippen LogP contribution >= 0.6 is 0 Å². The molecule has 0 radical (unpaired) electrons. The van der Waals surface area contributed by atoms with E-state index in [0.717, 1.165) is 18.4 Å². The number of benzene rings is 1. The van der Waals surface area contributed by atoms with Gasteiger partial charge in [0.15, 0.2) is 11.5 Å². The minimum atomic E-state index is -0.289. The van der Waals surface area contributed by atoms with Crippen molar-refractivity contribution in [1.29, 1.82) is 0 Å². The molecule has 0 bridgehead atoms. The number of hydrogen-bond donors (Lipinski definition) is 3. The van der Waals surface area contributed by atoms with Gasteiger partial charge >= 0.3 is 0 Å². The van der Waals surface area contributed by atoms with Gasteiger partial charge in [-0.05, 0) is 37.8 Å². The molecule has 0 spiro atoms. The number of rotatable bonds is 1. The van der Waals surface area contributed by atoms with Gasteiger partial charge in [-0.1, -0.05) is 5.57 Å². The number of hydrogen-bond acceptors (Lipinski definition) is 3. The minimum Gasteiger partial charge on any atom is -0.507 e. The molecule has 1 aromatic carbocycles. The predicted octanol–water partition coefficient (Wildman–Crippen LogP) is 2.76. The van der Waals surface area contributed by atoms with Crippen LogP contribution in [0, 0.1) is 0 Å². The quantitative estimate of drug-likeness (QED) is 0.489. The van der Waals surface area contributed by atoms with Crippen molar-refractivity contribution in [3.8, 4) is 17.2 Å². The Labute approximate surface area is 88.3 Å². The van der Waals surface area contributed by atoms with E-state index in [0.29, 0.717) is 5.56 Å². The third-order valence-electron chi connectivity index (χ3n) is 2.98. The fraction of sp³-hybridized carbons (Fsp3) is 0.333. The van der Waals surface area contributed by atoms with Gasteiger partial charge in [-0.15, -0.1) is 0 Å². The Balaban J connectivity index is 2.48. The van der Waals surface area contributed by atoms with Crippen molar-refractivity contribution in [2.24, 2.45) is 0 Å². The molecule has 0 aromatic heterocycles. The lowest BCUT2D eigenvalue weighted by molar-refractivity contribution is 0.396. The van der Waals surface area contributed by atoms with Gasteiger partial charge in [0.05, 0.1) is 0 Å². The molecule has 3 heteroatoms. The highest BCUT2D eigenvalue weighted by Crippen LogP contribution is 2.40. The molecule has 3 N–H and O–H groups in total. The normalized spacial score (nSPS) is 14.9. The first-order chi connectivity index (χ1) is 7.09.